The molecule has 0 saturated heterocycles. The van der Waals surface area contributed by atoms with Crippen molar-refractivity contribution < 1.29 is 14.7 Å². The number of pyridine rings is 1. The molecule has 1 heterocycles. The Morgan fingerprint density at radius 1 is 1.15 bits per heavy atom. The number of aromatic nitrogens is 1. The minimum Gasteiger partial charge on any atom is -0.477 e. The molecule has 2 N–H and O–H groups in total. The van der Waals surface area contributed by atoms with Gasteiger partial charge in [0.2, 0.25) is 0 Å². The quantitative estimate of drug-likeness (QED) is 0.898. The number of amides is 1. The van der Waals surface area contributed by atoms with Crippen molar-refractivity contribution in [2.45, 2.75) is 13.8 Å². The van der Waals surface area contributed by atoms with Gasteiger partial charge in [0.05, 0.1) is 0 Å². The molecule has 0 atom stereocenters. The molecule has 5 nitrogen and oxygen atoms in total. The van der Waals surface area contributed by atoms with E-state index in [-0.39, 0.29) is 17.2 Å². The summed E-state index contributed by atoms with van der Waals surface area (Å²) in [6, 6.07) is 8.41. The summed E-state index contributed by atoms with van der Waals surface area (Å²) in [6.07, 6.45) is 1.31. The van der Waals surface area contributed by atoms with Gasteiger partial charge >= 0.3 is 5.97 Å². The number of carboxylic acid groups (broad SMARTS) is 1. The molecule has 0 bridgehead atoms. The van der Waals surface area contributed by atoms with Crippen LogP contribution in [0.3, 0.4) is 0 Å². The van der Waals surface area contributed by atoms with Crippen molar-refractivity contribution in [2.75, 3.05) is 5.32 Å². The minimum atomic E-state index is -1.16. The van der Waals surface area contributed by atoms with Crippen LogP contribution in [0.4, 0.5) is 5.69 Å². The maximum absolute atomic E-state index is 12.1. The molecule has 0 aliphatic rings. The minimum absolute atomic E-state index is 0.154. The van der Waals surface area contributed by atoms with Gasteiger partial charge in [0.15, 0.2) is 0 Å². The van der Waals surface area contributed by atoms with E-state index in [4.69, 9.17) is 5.11 Å². The highest BCUT2D eigenvalue weighted by Crippen LogP contribution is 2.17. The molecule has 20 heavy (non-hydrogen) atoms. The van der Waals surface area contributed by atoms with Gasteiger partial charge in [0.1, 0.15) is 5.69 Å². The van der Waals surface area contributed by atoms with Gasteiger partial charge in [-0.1, -0.05) is 17.7 Å². The largest absolute Gasteiger partial charge is 0.477 e. The summed E-state index contributed by atoms with van der Waals surface area (Å²) < 4.78 is 0. The molecular formula is C15H14N2O3. The summed E-state index contributed by atoms with van der Waals surface area (Å²) in [4.78, 5) is 26.6. The SMILES string of the molecule is Cc1ccc(NC(=O)c2ccnc(C(=O)O)c2)c(C)c1. The number of carbonyl (C=O) groups excluding carboxylic acids is 1. The summed E-state index contributed by atoms with van der Waals surface area (Å²) in [7, 11) is 0. The van der Waals surface area contributed by atoms with Crippen LogP contribution in [-0.4, -0.2) is 22.0 Å². The van der Waals surface area contributed by atoms with Crippen LogP contribution in [0.25, 0.3) is 0 Å². The molecule has 0 radical (unpaired) electrons. The van der Waals surface area contributed by atoms with Crippen LogP contribution in [0, 0.1) is 13.8 Å². The van der Waals surface area contributed by atoms with Crippen molar-refractivity contribution in [3.8, 4) is 0 Å². The average molecular weight is 270 g/mol. The first-order valence-electron chi connectivity index (χ1n) is 6.05. The zero-order valence-electron chi connectivity index (χ0n) is 11.2. The van der Waals surface area contributed by atoms with E-state index in [0.717, 1.165) is 11.1 Å². The second-order valence-corrected chi connectivity index (χ2v) is 4.51. The average Bonchev–Trinajstić information content (AvgIpc) is 2.42. The van der Waals surface area contributed by atoms with E-state index in [9.17, 15) is 9.59 Å². The fourth-order valence-electron chi connectivity index (χ4n) is 1.84. The Labute approximate surface area is 116 Å². The van der Waals surface area contributed by atoms with E-state index in [1.807, 2.05) is 32.0 Å². The first-order valence-corrected chi connectivity index (χ1v) is 6.05. The lowest BCUT2D eigenvalue weighted by molar-refractivity contribution is 0.0690. The third kappa shape index (κ3) is 3.00. The first-order chi connectivity index (χ1) is 9.47. The number of aromatic carboxylic acids is 1. The van der Waals surface area contributed by atoms with Crippen molar-refractivity contribution in [3.63, 3.8) is 0 Å². The Hall–Kier alpha value is -2.69. The highest BCUT2D eigenvalue weighted by Gasteiger charge is 2.11. The molecule has 0 unspecified atom stereocenters. The van der Waals surface area contributed by atoms with Crippen molar-refractivity contribution in [1.82, 2.24) is 4.98 Å². The van der Waals surface area contributed by atoms with Gasteiger partial charge in [-0.15, -0.1) is 0 Å². The molecule has 1 aromatic carbocycles. The lowest BCUT2D eigenvalue weighted by Gasteiger charge is -2.09. The number of carboxylic acids is 1. The van der Waals surface area contributed by atoms with Crippen molar-refractivity contribution in [2.24, 2.45) is 0 Å². The number of hydrogen-bond donors (Lipinski definition) is 2. The van der Waals surface area contributed by atoms with E-state index in [0.29, 0.717) is 5.69 Å². The Balaban J connectivity index is 2.24. The normalized spacial score (nSPS) is 10.1. The van der Waals surface area contributed by atoms with Gasteiger partial charge in [-0.3, -0.25) is 4.79 Å². The molecule has 0 aliphatic carbocycles. The van der Waals surface area contributed by atoms with Gasteiger partial charge in [0, 0.05) is 17.4 Å². The zero-order chi connectivity index (χ0) is 14.7. The van der Waals surface area contributed by atoms with E-state index in [1.54, 1.807) is 0 Å². The third-order valence-corrected chi connectivity index (χ3v) is 2.87. The smallest absolute Gasteiger partial charge is 0.354 e. The Morgan fingerprint density at radius 3 is 2.55 bits per heavy atom. The van der Waals surface area contributed by atoms with Crippen LogP contribution in [0.2, 0.25) is 0 Å². The topological polar surface area (TPSA) is 79.3 Å². The monoisotopic (exact) mass is 270 g/mol. The lowest BCUT2D eigenvalue weighted by Crippen LogP contribution is -2.14. The Kier molecular flexibility index (Phi) is 3.79. The molecule has 1 amide bonds. The number of benzene rings is 1. The number of nitrogens with one attached hydrogen (secondary N) is 1. The van der Waals surface area contributed by atoms with Gasteiger partial charge in [-0.25, -0.2) is 9.78 Å². The molecule has 2 aromatic rings. The maximum atomic E-state index is 12.1. The Morgan fingerprint density at radius 2 is 1.90 bits per heavy atom. The van der Waals surface area contributed by atoms with Crippen LogP contribution in [0.5, 0.6) is 0 Å². The molecule has 0 aliphatic heterocycles. The van der Waals surface area contributed by atoms with Crippen LogP contribution >= 0.6 is 0 Å². The molecule has 0 spiro atoms. The summed E-state index contributed by atoms with van der Waals surface area (Å²) in [5.74, 6) is -1.52. The number of carbonyl (C=O) groups is 2. The summed E-state index contributed by atoms with van der Waals surface area (Å²) >= 11 is 0. The van der Waals surface area contributed by atoms with Crippen molar-refractivity contribution >= 4 is 17.6 Å². The predicted octanol–water partition coefficient (Wildman–Crippen LogP) is 2.65. The van der Waals surface area contributed by atoms with Gasteiger partial charge in [0.25, 0.3) is 5.91 Å². The molecular weight excluding hydrogens is 256 g/mol. The highest BCUT2D eigenvalue weighted by molar-refractivity contribution is 6.05. The molecule has 102 valence electrons. The van der Waals surface area contributed by atoms with Gasteiger partial charge in [-0.2, -0.15) is 0 Å². The molecule has 1 aromatic heterocycles. The number of nitrogens with zero attached hydrogens (tertiary/aromatic N) is 1. The van der Waals surface area contributed by atoms with E-state index in [2.05, 4.69) is 10.3 Å². The highest BCUT2D eigenvalue weighted by atomic mass is 16.4. The number of anilines is 1. The molecule has 2 rings (SSSR count). The summed E-state index contributed by atoms with van der Waals surface area (Å²) in [5.41, 5.74) is 2.87. The fourth-order valence-corrected chi connectivity index (χ4v) is 1.84. The summed E-state index contributed by atoms with van der Waals surface area (Å²) in [6.45, 7) is 3.87. The molecule has 5 heteroatoms. The number of hydrogen-bond acceptors (Lipinski definition) is 3. The van der Waals surface area contributed by atoms with Crippen LogP contribution in [0.1, 0.15) is 32.0 Å². The second-order valence-electron chi connectivity index (χ2n) is 4.51. The van der Waals surface area contributed by atoms with Crippen LogP contribution < -0.4 is 5.32 Å². The number of rotatable bonds is 3. The Bertz CT molecular complexity index is 681. The van der Waals surface area contributed by atoms with E-state index < -0.39 is 5.97 Å². The second kappa shape index (κ2) is 5.52. The zero-order valence-corrected chi connectivity index (χ0v) is 11.2. The summed E-state index contributed by atoms with van der Waals surface area (Å²) in [5, 5.41) is 11.6. The number of aryl methyl sites for hydroxylation is 2. The maximum Gasteiger partial charge on any atom is 0.354 e. The lowest BCUT2D eigenvalue weighted by atomic mass is 10.1. The molecule has 0 saturated carbocycles. The van der Waals surface area contributed by atoms with Crippen LogP contribution in [-0.2, 0) is 0 Å². The van der Waals surface area contributed by atoms with E-state index in [1.165, 1.54) is 18.3 Å². The third-order valence-electron chi connectivity index (χ3n) is 2.87. The first kappa shape index (κ1) is 13.7. The van der Waals surface area contributed by atoms with Gasteiger partial charge < -0.3 is 10.4 Å². The molecule has 0 fully saturated rings. The van der Waals surface area contributed by atoms with Gasteiger partial charge in [-0.05, 0) is 37.6 Å². The van der Waals surface area contributed by atoms with Crippen LogP contribution in [0.15, 0.2) is 36.5 Å². The fraction of sp³-hybridized carbons (Fsp3) is 0.133. The van der Waals surface area contributed by atoms with Crippen molar-refractivity contribution in [1.29, 1.82) is 0 Å². The van der Waals surface area contributed by atoms with E-state index >= 15 is 0 Å². The van der Waals surface area contributed by atoms with Crippen molar-refractivity contribution in [3.05, 3.63) is 58.9 Å². The predicted molar refractivity (Wildman–Crippen MR) is 75.1 cm³/mol. The standard InChI is InChI=1S/C15H14N2O3/c1-9-3-4-12(10(2)7-9)17-14(18)11-5-6-16-13(8-11)15(19)20/h3-8H,1-2H3,(H,17,18)(H,19,20).